The Morgan fingerprint density at radius 2 is 1.89 bits per heavy atom. The lowest BCUT2D eigenvalue weighted by atomic mass is 10.3. The molecule has 146 valence electrons. The molecule has 0 amide bonds. The van der Waals surface area contributed by atoms with E-state index in [-0.39, 0.29) is 11.4 Å². The third-order valence-electron chi connectivity index (χ3n) is 3.93. The highest BCUT2D eigenvalue weighted by atomic mass is 79.9. The molecule has 0 N–H and O–H groups in total. The van der Waals surface area contributed by atoms with Crippen LogP contribution in [0.1, 0.15) is 4.88 Å². The molecule has 0 aliphatic heterocycles. The number of anilines is 1. The zero-order valence-corrected chi connectivity index (χ0v) is 17.8. The summed E-state index contributed by atoms with van der Waals surface area (Å²) in [6, 6.07) is 14.0. The van der Waals surface area contributed by atoms with Gasteiger partial charge in [-0.3, -0.25) is 14.4 Å². The first kappa shape index (κ1) is 20.3. The summed E-state index contributed by atoms with van der Waals surface area (Å²) in [4.78, 5) is 11.2. The summed E-state index contributed by atoms with van der Waals surface area (Å²) in [5.41, 5.74) is -0.106. The number of methoxy groups -OCH3 is 1. The minimum Gasteiger partial charge on any atom is -0.497 e. The van der Waals surface area contributed by atoms with Gasteiger partial charge >= 0.3 is 0 Å². The maximum absolute atomic E-state index is 13.4. The molecule has 0 bridgehead atoms. The predicted molar refractivity (Wildman–Crippen MR) is 111 cm³/mol. The molecule has 3 rings (SSSR count). The number of hydrogen-bond donors (Lipinski definition) is 0. The molecule has 0 aliphatic carbocycles. The Labute approximate surface area is 174 Å². The molecule has 0 saturated heterocycles. The SMILES string of the molecule is COc1ccc(N(Cc2cccs2)S(=O)(=O)c2ccc(Br)cc2[N+](=O)[O-])cc1. The second-order valence-electron chi connectivity index (χ2n) is 5.66. The molecular formula is C18H15BrN2O5S2. The van der Waals surface area contributed by atoms with Crippen molar-refractivity contribution >= 4 is 48.7 Å². The van der Waals surface area contributed by atoms with Gasteiger partial charge in [0, 0.05) is 15.4 Å². The van der Waals surface area contributed by atoms with E-state index in [9.17, 15) is 18.5 Å². The number of halogens is 1. The van der Waals surface area contributed by atoms with E-state index in [1.807, 2.05) is 17.5 Å². The fourth-order valence-corrected chi connectivity index (χ4v) is 5.28. The quantitative estimate of drug-likeness (QED) is 0.355. The van der Waals surface area contributed by atoms with E-state index >= 15 is 0 Å². The van der Waals surface area contributed by atoms with Crippen molar-refractivity contribution in [3.63, 3.8) is 0 Å². The topological polar surface area (TPSA) is 89.8 Å². The first-order chi connectivity index (χ1) is 13.3. The Hall–Kier alpha value is -2.43. The van der Waals surface area contributed by atoms with Gasteiger partial charge in [0.2, 0.25) is 0 Å². The number of rotatable bonds is 7. The Kier molecular flexibility index (Phi) is 6.01. The van der Waals surface area contributed by atoms with Gasteiger partial charge in [0.25, 0.3) is 15.7 Å². The Morgan fingerprint density at radius 3 is 2.46 bits per heavy atom. The Balaban J connectivity index is 2.14. The maximum atomic E-state index is 13.4. The lowest BCUT2D eigenvalue weighted by Crippen LogP contribution is -2.30. The van der Waals surface area contributed by atoms with Crippen molar-refractivity contribution in [2.24, 2.45) is 0 Å². The maximum Gasteiger partial charge on any atom is 0.291 e. The lowest BCUT2D eigenvalue weighted by Gasteiger charge is -2.24. The number of ether oxygens (including phenoxy) is 1. The van der Waals surface area contributed by atoms with Gasteiger partial charge in [0.1, 0.15) is 5.75 Å². The van der Waals surface area contributed by atoms with E-state index in [0.717, 1.165) is 9.18 Å². The second-order valence-corrected chi connectivity index (χ2v) is 9.44. The first-order valence-electron chi connectivity index (χ1n) is 7.96. The summed E-state index contributed by atoms with van der Waals surface area (Å²) in [6.45, 7) is 0.0551. The zero-order chi connectivity index (χ0) is 20.3. The average Bonchev–Trinajstić information content (AvgIpc) is 3.19. The van der Waals surface area contributed by atoms with Crippen molar-refractivity contribution in [2.75, 3.05) is 11.4 Å². The van der Waals surface area contributed by atoms with E-state index in [4.69, 9.17) is 4.74 Å². The number of hydrogen-bond acceptors (Lipinski definition) is 6. The molecule has 1 aromatic heterocycles. The van der Waals surface area contributed by atoms with Crippen LogP contribution in [0.4, 0.5) is 11.4 Å². The van der Waals surface area contributed by atoms with Crippen LogP contribution in [0.25, 0.3) is 0 Å². The highest BCUT2D eigenvalue weighted by Crippen LogP contribution is 2.34. The largest absolute Gasteiger partial charge is 0.497 e. The van der Waals surface area contributed by atoms with E-state index in [0.29, 0.717) is 15.9 Å². The summed E-state index contributed by atoms with van der Waals surface area (Å²) >= 11 is 4.56. The molecular weight excluding hydrogens is 468 g/mol. The van der Waals surface area contributed by atoms with Crippen LogP contribution in [-0.4, -0.2) is 20.5 Å². The molecule has 7 nitrogen and oxygen atoms in total. The van der Waals surface area contributed by atoms with Crippen LogP contribution in [0.2, 0.25) is 0 Å². The number of nitrogens with zero attached hydrogens (tertiary/aromatic N) is 2. The van der Waals surface area contributed by atoms with Crippen LogP contribution in [0.5, 0.6) is 5.75 Å². The lowest BCUT2D eigenvalue weighted by molar-refractivity contribution is -0.387. The number of thiophene rings is 1. The predicted octanol–water partition coefficient (Wildman–Crippen LogP) is 4.82. The molecule has 0 atom stereocenters. The zero-order valence-electron chi connectivity index (χ0n) is 14.6. The molecule has 0 aliphatic rings. The van der Waals surface area contributed by atoms with Gasteiger partial charge in [0.05, 0.1) is 24.3 Å². The van der Waals surface area contributed by atoms with Crippen LogP contribution in [0, 0.1) is 10.1 Å². The van der Waals surface area contributed by atoms with Crippen molar-refractivity contribution in [2.45, 2.75) is 11.4 Å². The Morgan fingerprint density at radius 1 is 1.18 bits per heavy atom. The van der Waals surface area contributed by atoms with E-state index in [1.165, 1.54) is 36.6 Å². The van der Waals surface area contributed by atoms with Crippen molar-refractivity contribution in [1.82, 2.24) is 0 Å². The van der Waals surface area contributed by atoms with Crippen LogP contribution < -0.4 is 9.04 Å². The molecule has 2 aromatic carbocycles. The molecule has 3 aromatic rings. The summed E-state index contributed by atoms with van der Waals surface area (Å²) in [6.07, 6.45) is 0. The van der Waals surface area contributed by atoms with Gasteiger partial charge in [0.15, 0.2) is 4.90 Å². The summed E-state index contributed by atoms with van der Waals surface area (Å²) in [5, 5.41) is 13.3. The highest BCUT2D eigenvalue weighted by molar-refractivity contribution is 9.10. The van der Waals surface area contributed by atoms with Crippen LogP contribution in [-0.2, 0) is 16.6 Å². The fraction of sp³-hybridized carbons (Fsp3) is 0.111. The van der Waals surface area contributed by atoms with Crippen LogP contribution in [0.15, 0.2) is 69.3 Å². The smallest absolute Gasteiger partial charge is 0.291 e. The van der Waals surface area contributed by atoms with Gasteiger partial charge in [-0.25, -0.2) is 8.42 Å². The molecule has 0 unspecified atom stereocenters. The first-order valence-corrected chi connectivity index (χ1v) is 11.1. The average molecular weight is 483 g/mol. The van der Waals surface area contributed by atoms with Gasteiger partial charge in [-0.15, -0.1) is 11.3 Å². The molecule has 0 saturated carbocycles. The number of nitro groups is 1. The molecule has 28 heavy (non-hydrogen) atoms. The van der Waals surface area contributed by atoms with Crippen molar-refractivity contribution in [1.29, 1.82) is 0 Å². The molecule has 0 fully saturated rings. The van der Waals surface area contributed by atoms with Crippen LogP contribution >= 0.6 is 27.3 Å². The summed E-state index contributed by atoms with van der Waals surface area (Å²) in [7, 11) is -2.69. The van der Waals surface area contributed by atoms with Gasteiger partial charge in [-0.2, -0.15) is 0 Å². The van der Waals surface area contributed by atoms with Gasteiger partial charge < -0.3 is 4.74 Å². The van der Waals surface area contributed by atoms with Gasteiger partial charge in [-0.1, -0.05) is 22.0 Å². The minimum absolute atomic E-state index is 0.0551. The third-order valence-corrected chi connectivity index (χ3v) is 7.10. The number of sulfonamides is 1. The fourth-order valence-electron chi connectivity index (χ4n) is 2.58. The summed E-state index contributed by atoms with van der Waals surface area (Å²) in [5.74, 6) is 0.576. The van der Waals surface area contributed by atoms with Crippen molar-refractivity contribution in [3.8, 4) is 5.75 Å². The third kappa shape index (κ3) is 4.18. The number of nitro benzene ring substituents is 1. The van der Waals surface area contributed by atoms with Crippen LogP contribution in [0.3, 0.4) is 0 Å². The van der Waals surface area contributed by atoms with Crippen molar-refractivity contribution in [3.05, 3.63) is 79.4 Å². The second kappa shape index (κ2) is 8.29. The van der Waals surface area contributed by atoms with E-state index in [1.54, 1.807) is 24.3 Å². The standard InChI is InChI=1S/C18H15BrN2O5S2/c1-26-15-7-5-14(6-8-15)20(12-16-3-2-10-27-16)28(24,25)18-9-4-13(19)11-17(18)21(22)23/h2-11H,12H2,1H3. The summed E-state index contributed by atoms with van der Waals surface area (Å²) < 4.78 is 33.6. The molecule has 1 heterocycles. The molecule has 10 heteroatoms. The minimum atomic E-state index is -4.21. The van der Waals surface area contributed by atoms with Crippen molar-refractivity contribution < 1.29 is 18.1 Å². The normalized spacial score (nSPS) is 11.2. The number of benzene rings is 2. The van der Waals surface area contributed by atoms with Gasteiger partial charge in [-0.05, 0) is 47.8 Å². The van der Waals surface area contributed by atoms with E-state index < -0.39 is 20.6 Å². The molecule has 0 spiro atoms. The van der Waals surface area contributed by atoms with E-state index in [2.05, 4.69) is 15.9 Å². The highest BCUT2D eigenvalue weighted by Gasteiger charge is 2.32. The Bertz CT molecular complexity index is 1080. The molecule has 0 radical (unpaired) electrons. The monoisotopic (exact) mass is 482 g/mol.